The van der Waals surface area contributed by atoms with Crippen molar-refractivity contribution in [3.63, 3.8) is 0 Å². The third-order valence-corrected chi connectivity index (χ3v) is 4.01. The summed E-state index contributed by atoms with van der Waals surface area (Å²) in [6.45, 7) is 3.57. The Balaban J connectivity index is 2.76. The fourth-order valence-electron chi connectivity index (χ4n) is 2.56. The maximum absolute atomic E-state index is 12.0. The van der Waals surface area contributed by atoms with Crippen LogP contribution in [-0.2, 0) is 13.7 Å². The number of hydrogen-bond donors (Lipinski definition) is 1. The van der Waals surface area contributed by atoms with Gasteiger partial charge in [-0.3, -0.25) is 4.79 Å². The Morgan fingerprint density at radius 2 is 1.64 bits per heavy atom. The van der Waals surface area contributed by atoms with Crippen LogP contribution in [0.2, 0.25) is 0 Å². The first kappa shape index (κ1) is 16.1. The zero-order chi connectivity index (χ0) is 16.4. The molecule has 1 heterocycles. The van der Waals surface area contributed by atoms with Crippen molar-refractivity contribution in [2.24, 2.45) is 7.05 Å². The first-order chi connectivity index (χ1) is 10.4. The second-order valence-corrected chi connectivity index (χ2v) is 5.23. The van der Waals surface area contributed by atoms with E-state index in [1.54, 1.807) is 32.0 Å². The highest BCUT2D eigenvalue weighted by molar-refractivity contribution is 5.72. The molecule has 1 aromatic carbocycles. The Kier molecular flexibility index (Phi) is 4.56. The molecule has 0 unspecified atom stereocenters. The molecule has 0 fully saturated rings. The van der Waals surface area contributed by atoms with Gasteiger partial charge in [-0.1, -0.05) is 0 Å². The van der Waals surface area contributed by atoms with Crippen molar-refractivity contribution in [1.82, 2.24) is 4.57 Å². The van der Waals surface area contributed by atoms with E-state index in [1.807, 2.05) is 26.0 Å². The van der Waals surface area contributed by atoms with Crippen molar-refractivity contribution in [3.8, 4) is 22.6 Å². The lowest BCUT2D eigenvalue weighted by Gasteiger charge is -2.16. The van der Waals surface area contributed by atoms with E-state index in [0.717, 1.165) is 16.7 Å². The van der Waals surface area contributed by atoms with Crippen LogP contribution in [0, 0.1) is 13.8 Å². The Labute approximate surface area is 129 Å². The largest absolute Gasteiger partial charge is 0.496 e. The summed E-state index contributed by atoms with van der Waals surface area (Å²) in [5.41, 5.74) is 4.04. The molecule has 5 nitrogen and oxygen atoms in total. The molecule has 2 aromatic rings. The molecule has 0 aliphatic heterocycles. The second kappa shape index (κ2) is 6.23. The molecule has 5 heteroatoms. The number of aliphatic hydroxyl groups excluding tert-OH is 1. The summed E-state index contributed by atoms with van der Waals surface area (Å²) in [4.78, 5) is 12.0. The number of rotatable bonds is 4. The highest BCUT2D eigenvalue weighted by atomic mass is 16.5. The smallest absolute Gasteiger partial charge is 0.253 e. The standard InChI is InChI=1S/C17H21NO4/c1-10-11(2)17(20)18(3)8-13(10)12-6-15(21-4)14(9-19)16(7-12)22-5/h6-8,19H,9H2,1-5H3. The van der Waals surface area contributed by atoms with Gasteiger partial charge in [0, 0.05) is 24.4 Å². The number of pyridine rings is 1. The molecule has 0 atom stereocenters. The molecule has 22 heavy (non-hydrogen) atoms. The van der Waals surface area contributed by atoms with Gasteiger partial charge < -0.3 is 19.1 Å². The highest BCUT2D eigenvalue weighted by Gasteiger charge is 2.15. The van der Waals surface area contributed by atoms with Crippen molar-refractivity contribution < 1.29 is 14.6 Å². The number of aromatic nitrogens is 1. The van der Waals surface area contributed by atoms with Gasteiger partial charge in [0.25, 0.3) is 5.56 Å². The van der Waals surface area contributed by atoms with Gasteiger partial charge in [0.05, 0.1) is 26.4 Å². The topological polar surface area (TPSA) is 60.7 Å². The fourth-order valence-corrected chi connectivity index (χ4v) is 2.56. The predicted octanol–water partition coefficient (Wildman–Crippen LogP) is 2.18. The van der Waals surface area contributed by atoms with E-state index in [2.05, 4.69) is 0 Å². The van der Waals surface area contributed by atoms with Gasteiger partial charge in [-0.2, -0.15) is 0 Å². The number of ether oxygens (including phenoxy) is 2. The molecular formula is C17H21NO4. The highest BCUT2D eigenvalue weighted by Crippen LogP contribution is 2.36. The quantitative estimate of drug-likeness (QED) is 0.940. The van der Waals surface area contributed by atoms with Crippen molar-refractivity contribution in [3.05, 3.63) is 45.4 Å². The number of aryl methyl sites for hydroxylation is 1. The minimum absolute atomic E-state index is 0.00726. The van der Waals surface area contributed by atoms with E-state index in [9.17, 15) is 9.90 Å². The third-order valence-electron chi connectivity index (χ3n) is 4.01. The average molecular weight is 303 g/mol. The zero-order valence-electron chi connectivity index (χ0n) is 13.6. The molecule has 1 N–H and O–H groups in total. The Bertz CT molecular complexity index is 737. The summed E-state index contributed by atoms with van der Waals surface area (Å²) in [7, 11) is 4.84. The van der Waals surface area contributed by atoms with E-state index >= 15 is 0 Å². The van der Waals surface area contributed by atoms with Gasteiger partial charge in [-0.25, -0.2) is 0 Å². The van der Waals surface area contributed by atoms with Crippen molar-refractivity contribution in [2.75, 3.05) is 14.2 Å². The van der Waals surface area contributed by atoms with Gasteiger partial charge >= 0.3 is 0 Å². The fraction of sp³-hybridized carbons (Fsp3) is 0.353. The number of hydrogen-bond acceptors (Lipinski definition) is 4. The summed E-state index contributed by atoms with van der Waals surface area (Å²) in [5.74, 6) is 1.12. The molecule has 0 saturated carbocycles. The molecular weight excluding hydrogens is 282 g/mol. The van der Waals surface area contributed by atoms with E-state index in [1.165, 1.54) is 0 Å². The minimum Gasteiger partial charge on any atom is -0.496 e. The van der Waals surface area contributed by atoms with Crippen molar-refractivity contribution in [2.45, 2.75) is 20.5 Å². The second-order valence-electron chi connectivity index (χ2n) is 5.23. The van der Waals surface area contributed by atoms with Crippen LogP contribution >= 0.6 is 0 Å². The van der Waals surface area contributed by atoms with Crippen LogP contribution in [0.3, 0.4) is 0 Å². The molecule has 0 spiro atoms. The summed E-state index contributed by atoms with van der Waals surface area (Å²) >= 11 is 0. The first-order valence-electron chi connectivity index (χ1n) is 6.97. The molecule has 0 radical (unpaired) electrons. The molecule has 1 aromatic heterocycles. The minimum atomic E-state index is -0.169. The maximum atomic E-state index is 12.0. The number of methoxy groups -OCH3 is 2. The van der Waals surface area contributed by atoms with E-state index in [-0.39, 0.29) is 12.2 Å². The van der Waals surface area contributed by atoms with Crippen LogP contribution in [0.4, 0.5) is 0 Å². The average Bonchev–Trinajstić information content (AvgIpc) is 2.54. The third kappa shape index (κ3) is 2.60. The number of benzene rings is 1. The normalized spacial score (nSPS) is 10.6. The monoisotopic (exact) mass is 303 g/mol. The maximum Gasteiger partial charge on any atom is 0.253 e. The lowest BCUT2D eigenvalue weighted by molar-refractivity contribution is 0.265. The van der Waals surface area contributed by atoms with E-state index in [0.29, 0.717) is 22.6 Å². The SMILES string of the molecule is COc1cc(-c2cn(C)c(=O)c(C)c2C)cc(OC)c1CO. The van der Waals surface area contributed by atoms with Crippen LogP contribution in [0.1, 0.15) is 16.7 Å². The van der Waals surface area contributed by atoms with Crippen molar-refractivity contribution in [1.29, 1.82) is 0 Å². The molecule has 2 rings (SSSR count). The summed E-state index contributed by atoms with van der Waals surface area (Å²) in [6.07, 6.45) is 1.80. The van der Waals surface area contributed by atoms with Gasteiger partial charge in [0.2, 0.25) is 0 Å². The Hall–Kier alpha value is -2.27. The van der Waals surface area contributed by atoms with Gasteiger partial charge in [0.1, 0.15) is 11.5 Å². The Morgan fingerprint density at radius 3 is 2.09 bits per heavy atom. The van der Waals surface area contributed by atoms with Crippen LogP contribution in [0.25, 0.3) is 11.1 Å². The lowest BCUT2D eigenvalue weighted by atomic mass is 9.97. The first-order valence-corrected chi connectivity index (χ1v) is 6.97. The van der Waals surface area contributed by atoms with E-state index < -0.39 is 0 Å². The zero-order valence-corrected chi connectivity index (χ0v) is 13.6. The summed E-state index contributed by atoms with van der Waals surface area (Å²) < 4.78 is 12.3. The molecule has 118 valence electrons. The molecule has 0 saturated heterocycles. The Morgan fingerprint density at radius 1 is 1.09 bits per heavy atom. The van der Waals surface area contributed by atoms with Crippen LogP contribution in [-0.4, -0.2) is 23.9 Å². The lowest BCUT2D eigenvalue weighted by Crippen LogP contribution is -2.20. The van der Waals surface area contributed by atoms with Crippen molar-refractivity contribution >= 4 is 0 Å². The predicted molar refractivity (Wildman–Crippen MR) is 85.6 cm³/mol. The molecule has 0 aliphatic carbocycles. The summed E-state index contributed by atoms with van der Waals surface area (Å²) in [6, 6.07) is 3.70. The molecule has 0 amide bonds. The van der Waals surface area contributed by atoms with Gasteiger partial charge in [-0.05, 0) is 37.1 Å². The number of aliphatic hydroxyl groups is 1. The number of nitrogens with zero attached hydrogens (tertiary/aromatic N) is 1. The summed E-state index contributed by atoms with van der Waals surface area (Å²) in [5, 5.41) is 9.50. The van der Waals surface area contributed by atoms with Crippen LogP contribution in [0.15, 0.2) is 23.1 Å². The van der Waals surface area contributed by atoms with Crippen LogP contribution < -0.4 is 15.0 Å². The molecule has 0 aliphatic rings. The molecule has 0 bridgehead atoms. The van der Waals surface area contributed by atoms with Gasteiger partial charge in [0.15, 0.2) is 0 Å². The van der Waals surface area contributed by atoms with E-state index in [4.69, 9.17) is 9.47 Å². The van der Waals surface area contributed by atoms with Gasteiger partial charge in [-0.15, -0.1) is 0 Å². The van der Waals surface area contributed by atoms with Crippen LogP contribution in [0.5, 0.6) is 11.5 Å².